The molecule has 0 radical (unpaired) electrons. The monoisotopic (exact) mass is 415 g/mol. The molecule has 5 rings (SSSR count). The molecule has 0 spiro atoms. The van der Waals surface area contributed by atoms with Crippen molar-refractivity contribution in [3.8, 4) is 27.6 Å². The fraction of sp³-hybridized carbons (Fsp3) is 0.0455. The van der Waals surface area contributed by atoms with Crippen molar-refractivity contribution in [2.24, 2.45) is 0 Å². The Morgan fingerprint density at radius 3 is 2.55 bits per heavy atom. The normalized spacial score (nSPS) is 10.9. The molecule has 0 saturated heterocycles. The number of imidazole rings is 1. The van der Waals surface area contributed by atoms with Crippen LogP contribution >= 0.6 is 22.7 Å². The summed E-state index contributed by atoms with van der Waals surface area (Å²) < 4.78 is 1.97. The minimum absolute atomic E-state index is 0.851. The lowest BCUT2D eigenvalue weighted by molar-refractivity contribution is 1.06. The van der Waals surface area contributed by atoms with Crippen molar-refractivity contribution in [3.05, 3.63) is 83.6 Å². The predicted molar refractivity (Wildman–Crippen MR) is 120 cm³/mol. The molecule has 3 aromatic heterocycles. The third-order valence-corrected chi connectivity index (χ3v) is 6.24. The number of aromatic nitrogens is 4. The van der Waals surface area contributed by atoms with Gasteiger partial charge in [-0.3, -0.25) is 0 Å². The molecule has 0 aliphatic rings. The van der Waals surface area contributed by atoms with Crippen molar-refractivity contribution in [2.75, 3.05) is 5.32 Å². The van der Waals surface area contributed by atoms with Gasteiger partial charge in [-0.15, -0.1) is 22.7 Å². The molecule has 0 fully saturated rings. The highest BCUT2D eigenvalue weighted by molar-refractivity contribution is 7.17. The lowest BCUT2D eigenvalue weighted by Gasteiger charge is -2.05. The minimum atomic E-state index is 0.851. The summed E-state index contributed by atoms with van der Waals surface area (Å²) in [6.45, 7) is 2.11. The number of anilines is 2. The van der Waals surface area contributed by atoms with Gasteiger partial charge in [-0.05, 0) is 31.2 Å². The Balaban J connectivity index is 1.35. The molecule has 2 aromatic carbocycles. The highest BCUT2D eigenvalue weighted by Gasteiger charge is 2.14. The second kappa shape index (κ2) is 7.62. The van der Waals surface area contributed by atoms with Gasteiger partial charge in [-0.25, -0.2) is 15.0 Å². The van der Waals surface area contributed by atoms with Crippen LogP contribution in [0.3, 0.4) is 0 Å². The fourth-order valence-electron chi connectivity index (χ4n) is 3.05. The molecule has 3 heterocycles. The number of thiazole rings is 2. The van der Waals surface area contributed by atoms with Crippen LogP contribution in [0.5, 0.6) is 0 Å². The minimum Gasteiger partial charge on any atom is -0.332 e. The molecular weight excluding hydrogens is 398 g/mol. The lowest BCUT2D eigenvalue weighted by Crippen LogP contribution is -1.92. The first kappa shape index (κ1) is 17.8. The number of hydrogen-bond acceptors (Lipinski definition) is 6. The molecular formula is C22H17N5S2. The summed E-state index contributed by atoms with van der Waals surface area (Å²) in [5, 5.41) is 7.23. The van der Waals surface area contributed by atoms with Crippen LogP contribution in [0.1, 0.15) is 4.88 Å². The van der Waals surface area contributed by atoms with Crippen molar-refractivity contribution in [1.29, 1.82) is 0 Å². The van der Waals surface area contributed by atoms with Crippen LogP contribution in [0.4, 0.5) is 10.8 Å². The number of benzene rings is 2. The van der Waals surface area contributed by atoms with Gasteiger partial charge in [0.1, 0.15) is 10.7 Å². The molecule has 7 heteroatoms. The molecule has 142 valence electrons. The zero-order valence-electron chi connectivity index (χ0n) is 15.6. The van der Waals surface area contributed by atoms with Crippen LogP contribution in [0.15, 0.2) is 78.7 Å². The van der Waals surface area contributed by atoms with Crippen LogP contribution < -0.4 is 5.32 Å². The van der Waals surface area contributed by atoms with Gasteiger partial charge in [-0.1, -0.05) is 30.3 Å². The van der Waals surface area contributed by atoms with Crippen molar-refractivity contribution in [2.45, 2.75) is 6.92 Å². The summed E-state index contributed by atoms with van der Waals surface area (Å²) >= 11 is 3.26. The largest absolute Gasteiger partial charge is 0.332 e. The highest BCUT2D eigenvalue weighted by Crippen LogP contribution is 2.35. The molecule has 0 aliphatic heterocycles. The molecule has 0 bridgehead atoms. The molecule has 1 N–H and O–H groups in total. The molecule has 0 atom stereocenters. The quantitative estimate of drug-likeness (QED) is 0.373. The van der Waals surface area contributed by atoms with E-state index >= 15 is 0 Å². The average molecular weight is 416 g/mol. The zero-order valence-corrected chi connectivity index (χ0v) is 17.2. The topological polar surface area (TPSA) is 55.6 Å². The first-order chi connectivity index (χ1) is 14.3. The van der Waals surface area contributed by atoms with Crippen LogP contribution in [-0.2, 0) is 0 Å². The predicted octanol–water partition coefficient (Wildman–Crippen LogP) is 6.17. The molecule has 0 amide bonds. The Bertz CT molecular complexity index is 1220. The number of rotatable bonds is 5. The summed E-state index contributed by atoms with van der Waals surface area (Å²) in [6, 6.07) is 18.5. The third kappa shape index (κ3) is 3.70. The van der Waals surface area contributed by atoms with E-state index in [1.165, 1.54) is 4.88 Å². The van der Waals surface area contributed by atoms with Gasteiger partial charge in [-0.2, -0.15) is 0 Å². The molecule has 0 unspecified atom stereocenters. The van der Waals surface area contributed by atoms with E-state index in [1.807, 2.05) is 41.1 Å². The molecule has 5 nitrogen and oxygen atoms in total. The summed E-state index contributed by atoms with van der Waals surface area (Å²) in [6.07, 6.45) is 5.48. The van der Waals surface area contributed by atoms with Gasteiger partial charge in [0, 0.05) is 39.6 Å². The van der Waals surface area contributed by atoms with Crippen molar-refractivity contribution < 1.29 is 0 Å². The maximum absolute atomic E-state index is 4.84. The second-order valence-corrected chi connectivity index (χ2v) is 8.53. The Morgan fingerprint density at radius 1 is 0.966 bits per heavy atom. The maximum Gasteiger partial charge on any atom is 0.187 e. The first-order valence-corrected chi connectivity index (χ1v) is 10.8. The average Bonchev–Trinajstić information content (AvgIpc) is 3.50. The molecule has 29 heavy (non-hydrogen) atoms. The maximum atomic E-state index is 4.84. The van der Waals surface area contributed by atoms with Gasteiger partial charge in [0.05, 0.1) is 12.0 Å². The Labute approximate surface area is 176 Å². The van der Waals surface area contributed by atoms with Crippen molar-refractivity contribution in [3.63, 3.8) is 0 Å². The molecule has 0 saturated carbocycles. The van der Waals surface area contributed by atoms with Gasteiger partial charge in [0.25, 0.3) is 0 Å². The SMILES string of the molecule is Cc1sc(-c2csc(Nc3ccc(-n4ccnc4)cc3)n2)nc1-c1ccccc1. The first-order valence-electron chi connectivity index (χ1n) is 9.10. The van der Waals surface area contributed by atoms with Crippen molar-refractivity contribution in [1.82, 2.24) is 19.5 Å². The standard InChI is InChI=1S/C22H17N5S2/c1-15-20(16-5-3-2-4-6-16)26-21(29-15)19-13-28-22(25-19)24-17-7-9-18(10-8-17)27-12-11-23-14-27/h2-14H,1H3,(H,24,25). The second-order valence-electron chi connectivity index (χ2n) is 6.47. The Kier molecular flexibility index (Phi) is 4.67. The number of nitrogens with one attached hydrogen (secondary N) is 1. The summed E-state index contributed by atoms with van der Waals surface area (Å²) in [5.74, 6) is 0. The zero-order chi connectivity index (χ0) is 19.6. The molecule has 5 aromatic rings. The van der Waals surface area contributed by atoms with Crippen LogP contribution in [0, 0.1) is 6.92 Å². The van der Waals surface area contributed by atoms with Crippen LogP contribution in [0.25, 0.3) is 27.6 Å². The van der Waals surface area contributed by atoms with Gasteiger partial charge in [0.2, 0.25) is 0 Å². The van der Waals surface area contributed by atoms with E-state index in [9.17, 15) is 0 Å². The lowest BCUT2D eigenvalue weighted by atomic mass is 10.1. The van der Waals surface area contributed by atoms with E-state index in [0.717, 1.165) is 38.5 Å². The number of hydrogen-bond donors (Lipinski definition) is 1. The number of aryl methyl sites for hydroxylation is 1. The Hall–Kier alpha value is -3.29. The van der Waals surface area contributed by atoms with Crippen LogP contribution in [0.2, 0.25) is 0 Å². The third-order valence-electron chi connectivity index (χ3n) is 4.49. The molecule has 0 aliphatic carbocycles. The van der Waals surface area contributed by atoms with E-state index in [2.05, 4.69) is 46.9 Å². The van der Waals surface area contributed by atoms with Gasteiger partial charge in [0.15, 0.2) is 5.13 Å². The van der Waals surface area contributed by atoms with E-state index in [1.54, 1.807) is 35.2 Å². The van der Waals surface area contributed by atoms with E-state index in [0.29, 0.717) is 0 Å². The fourth-order valence-corrected chi connectivity index (χ4v) is 4.74. The van der Waals surface area contributed by atoms with E-state index in [-0.39, 0.29) is 0 Å². The number of nitrogens with zero attached hydrogens (tertiary/aromatic N) is 4. The smallest absolute Gasteiger partial charge is 0.187 e. The summed E-state index contributed by atoms with van der Waals surface area (Å²) in [5.41, 5.74) is 5.14. The van der Waals surface area contributed by atoms with E-state index in [4.69, 9.17) is 9.97 Å². The van der Waals surface area contributed by atoms with Gasteiger partial charge < -0.3 is 9.88 Å². The highest BCUT2D eigenvalue weighted by atomic mass is 32.1. The van der Waals surface area contributed by atoms with E-state index < -0.39 is 0 Å². The summed E-state index contributed by atoms with van der Waals surface area (Å²) in [4.78, 5) is 14.9. The summed E-state index contributed by atoms with van der Waals surface area (Å²) in [7, 11) is 0. The van der Waals surface area contributed by atoms with Crippen LogP contribution in [-0.4, -0.2) is 19.5 Å². The van der Waals surface area contributed by atoms with Crippen molar-refractivity contribution >= 4 is 33.5 Å². The Morgan fingerprint density at radius 2 is 1.79 bits per heavy atom. The van der Waals surface area contributed by atoms with Gasteiger partial charge >= 0.3 is 0 Å².